The Balaban J connectivity index is 2.10. The van der Waals surface area contributed by atoms with Crippen LogP contribution in [0.15, 0.2) is 93.5 Å². The minimum absolute atomic E-state index is 0.0637. The Labute approximate surface area is 218 Å². The Morgan fingerprint density at radius 1 is 0.718 bits per heavy atom. The van der Waals surface area contributed by atoms with Gasteiger partial charge in [0.05, 0.1) is 0 Å². The Morgan fingerprint density at radius 2 is 1.21 bits per heavy atom. The fourth-order valence-electron chi connectivity index (χ4n) is 3.18. The first-order valence-electron chi connectivity index (χ1n) is 10.7. The van der Waals surface area contributed by atoms with Crippen LogP contribution >= 0.6 is 0 Å². The van der Waals surface area contributed by atoms with Crippen molar-refractivity contribution in [2.45, 2.75) is 38.8 Å². The zero-order valence-electron chi connectivity index (χ0n) is 19.4. The molecule has 39 heavy (non-hydrogen) atoms. The van der Waals surface area contributed by atoms with Crippen LogP contribution in [0, 0.1) is 0 Å². The van der Waals surface area contributed by atoms with Crippen LogP contribution in [0.5, 0.6) is 5.75 Å². The van der Waals surface area contributed by atoms with E-state index in [0.29, 0.717) is 15.9 Å². The smallest absolute Gasteiger partial charge is 0.429 e. The standard InChI is InChI=1S/C25H18F9O4S/c26-23(27,28)15-38-21(35)19-13-16(37-14-22(36,24(29,30)31)25(32,33)34)11-12-20(19)39(17-7-3-1-4-8-17)18-9-5-2-6-10-18/h1-13,36H,14-15H2/q+1. The zero-order valence-corrected chi connectivity index (χ0v) is 20.2. The van der Waals surface area contributed by atoms with Gasteiger partial charge in [-0.3, -0.25) is 0 Å². The van der Waals surface area contributed by atoms with Gasteiger partial charge in [0.15, 0.2) is 21.3 Å². The van der Waals surface area contributed by atoms with Crippen molar-refractivity contribution in [3.8, 4) is 5.75 Å². The van der Waals surface area contributed by atoms with Crippen molar-refractivity contribution in [2.24, 2.45) is 0 Å². The number of aliphatic hydroxyl groups is 1. The molecule has 0 fully saturated rings. The second-order valence-electron chi connectivity index (χ2n) is 7.93. The highest BCUT2D eigenvalue weighted by Gasteiger charge is 2.71. The highest BCUT2D eigenvalue weighted by atomic mass is 32.2. The number of rotatable bonds is 8. The van der Waals surface area contributed by atoms with Crippen LogP contribution in [0.2, 0.25) is 0 Å². The molecule has 0 heterocycles. The lowest BCUT2D eigenvalue weighted by atomic mass is 10.0. The number of halogens is 9. The fraction of sp³-hybridized carbons (Fsp3) is 0.240. The molecule has 3 aromatic carbocycles. The first kappa shape index (κ1) is 30.2. The van der Waals surface area contributed by atoms with Crippen LogP contribution in [-0.4, -0.2) is 48.4 Å². The molecule has 4 nitrogen and oxygen atoms in total. The Kier molecular flexibility index (Phi) is 8.80. The number of ether oxygens (including phenoxy) is 2. The van der Waals surface area contributed by atoms with Gasteiger partial charge in [0.1, 0.15) is 28.8 Å². The molecule has 210 valence electrons. The predicted octanol–water partition coefficient (Wildman–Crippen LogP) is 6.74. The summed E-state index contributed by atoms with van der Waals surface area (Å²) >= 11 is 0. The molecule has 0 saturated heterocycles. The third-order valence-electron chi connectivity index (χ3n) is 5.10. The van der Waals surface area contributed by atoms with Gasteiger partial charge in [-0.25, -0.2) is 4.79 Å². The molecule has 0 atom stereocenters. The van der Waals surface area contributed by atoms with E-state index in [2.05, 4.69) is 9.47 Å². The molecule has 1 N–H and O–H groups in total. The summed E-state index contributed by atoms with van der Waals surface area (Å²) in [4.78, 5) is 14.0. The van der Waals surface area contributed by atoms with Crippen LogP contribution in [0.4, 0.5) is 39.5 Å². The van der Waals surface area contributed by atoms with Gasteiger partial charge in [-0.2, -0.15) is 39.5 Å². The van der Waals surface area contributed by atoms with E-state index in [1.807, 2.05) is 0 Å². The van der Waals surface area contributed by atoms with E-state index >= 15 is 0 Å². The van der Waals surface area contributed by atoms with Gasteiger partial charge in [0.2, 0.25) is 0 Å². The second kappa shape index (κ2) is 11.4. The lowest BCUT2D eigenvalue weighted by Gasteiger charge is -2.31. The van der Waals surface area contributed by atoms with E-state index in [1.165, 1.54) is 0 Å². The molecule has 0 aromatic heterocycles. The maximum Gasteiger partial charge on any atom is 0.429 e. The average Bonchev–Trinajstić information content (AvgIpc) is 2.86. The van der Waals surface area contributed by atoms with E-state index in [-0.39, 0.29) is 4.90 Å². The number of hydrogen-bond acceptors (Lipinski definition) is 4. The fourth-order valence-corrected chi connectivity index (χ4v) is 5.38. The van der Waals surface area contributed by atoms with Gasteiger partial charge in [-0.05, 0) is 42.5 Å². The first-order valence-corrected chi connectivity index (χ1v) is 12.0. The number of carbonyl (C=O) groups excluding carboxylic acids is 1. The Morgan fingerprint density at radius 3 is 1.64 bits per heavy atom. The van der Waals surface area contributed by atoms with Gasteiger partial charge in [-0.1, -0.05) is 36.4 Å². The maximum atomic E-state index is 13.0. The quantitative estimate of drug-likeness (QED) is 0.181. The molecule has 0 aliphatic heterocycles. The van der Waals surface area contributed by atoms with Crippen LogP contribution in [0.25, 0.3) is 0 Å². The zero-order chi connectivity index (χ0) is 29.1. The maximum absolute atomic E-state index is 13.0. The molecule has 0 saturated carbocycles. The Bertz CT molecular complexity index is 1210. The van der Waals surface area contributed by atoms with Crippen LogP contribution in [0.1, 0.15) is 10.4 Å². The molecule has 0 bridgehead atoms. The van der Waals surface area contributed by atoms with Gasteiger partial charge in [0, 0.05) is 0 Å². The molecule has 3 rings (SSSR count). The van der Waals surface area contributed by atoms with E-state index in [1.54, 1.807) is 60.7 Å². The summed E-state index contributed by atoms with van der Waals surface area (Å²) in [6.45, 7) is -4.33. The summed E-state index contributed by atoms with van der Waals surface area (Å²) in [6.07, 6.45) is -17.3. The summed E-state index contributed by atoms with van der Waals surface area (Å²) in [5, 5.41) is 9.35. The van der Waals surface area contributed by atoms with Crippen LogP contribution < -0.4 is 4.74 Å². The first-order chi connectivity index (χ1) is 18.0. The van der Waals surface area contributed by atoms with Gasteiger partial charge < -0.3 is 14.6 Å². The van der Waals surface area contributed by atoms with E-state index < -0.39 is 65.5 Å². The largest absolute Gasteiger partial charge is 0.490 e. The van der Waals surface area contributed by atoms with Crippen LogP contribution in [-0.2, 0) is 15.6 Å². The van der Waals surface area contributed by atoms with Gasteiger partial charge >= 0.3 is 24.5 Å². The number of hydrogen-bond donors (Lipinski definition) is 1. The second-order valence-corrected chi connectivity index (χ2v) is 9.92. The summed E-state index contributed by atoms with van der Waals surface area (Å²) in [5.74, 6) is -2.30. The topological polar surface area (TPSA) is 55.8 Å². The molecule has 0 radical (unpaired) electrons. The van der Waals surface area contributed by atoms with Crippen molar-refractivity contribution < 1.29 is 58.9 Å². The predicted molar refractivity (Wildman–Crippen MR) is 120 cm³/mol. The molecule has 0 aliphatic rings. The third kappa shape index (κ3) is 7.18. The lowest BCUT2D eigenvalue weighted by molar-refractivity contribution is -0.373. The van der Waals surface area contributed by atoms with Crippen molar-refractivity contribution >= 4 is 16.9 Å². The van der Waals surface area contributed by atoms with E-state index in [0.717, 1.165) is 12.1 Å². The minimum atomic E-state index is -6.17. The number of alkyl halides is 9. The van der Waals surface area contributed by atoms with Crippen molar-refractivity contribution in [1.29, 1.82) is 0 Å². The molecule has 0 amide bonds. The molecule has 14 heteroatoms. The van der Waals surface area contributed by atoms with Crippen molar-refractivity contribution in [3.05, 3.63) is 84.4 Å². The normalized spacial score (nSPS) is 12.9. The molecule has 0 spiro atoms. The van der Waals surface area contributed by atoms with Gasteiger partial charge in [0.25, 0.3) is 5.60 Å². The number of benzene rings is 3. The molecule has 3 aromatic rings. The summed E-state index contributed by atoms with van der Waals surface area (Å²) < 4.78 is 125. The highest BCUT2D eigenvalue weighted by molar-refractivity contribution is 7.97. The van der Waals surface area contributed by atoms with Crippen molar-refractivity contribution in [1.82, 2.24) is 0 Å². The molecule has 0 unspecified atom stereocenters. The molecular formula is C25H18F9O4S+. The van der Waals surface area contributed by atoms with Crippen LogP contribution in [0.3, 0.4) is 0 Å². The minimum Gasteiger partial charge on any atom is -0.490 e. The Hall–Kier alpha value is -3.39. The summed E-state index contributed by atoms with van der Waals surface area (Å²) in [7, 11) is -1.18. The van der Waals surface area contributed by atoms with E-state index in [4.69, 9.17) is 0 Å². The van der Waals surface area contributed by atoms with Crippen molar-refractivity contribution in [2.75, 3.05) is 13.2 Å². The van der Waals surface area contributed by atoms with Gasteiger partial charge in [-0.15, -0.1) is 0 Å². The molecule has 0 aliphatic carbocycles. The summed E-state index contributed by atoms with van der Waals surface area (Å²) in [6, 6.07) is 19.4. The molecular weight excluding hydrogens is 567 g/mol. The number of carbonyl (C=O) groups is 1. The lowest BCUT2D eigenvalue weighted by Crippen LogP contribution is -2.60. The highest BCUT2D eigenvalue weighted by Crippen LogP contribution is 2.43. The number of esters is 1. The van der Waals surface area contributed by atoms with Crippen molar-refractivity contribution in [3.63, 3.8) is 0 Å². The SMILES string of the molecule is O=C(OCC(F)(F)F)c1cc(OCC(O)(C(F)(F)F)C(F)(F)F)ccc1[S+](c1ccccc1)c1ccccc1. The monoisotopic (exact) mass is 585 g/mol. The third-order valence-corrected chi connectivity index (χ3v) is 7.38. The summed E-state index contributed by atoms with van der Waals surface area (Å²) in [5.41, 5.74) is -5.84. The average molecular weight is 585 g/mol. The van der Waals surface area contributed by atoms with E-state index in [9.17, 15) is 49.4 Å².